The summed E-state index contributed by atoms with van der Waals surface area (Å²) in [5.41, 5.74) is 3.04. The number of ketones is 1. The molecule has 31 heavy (non-hydrogen) atoms. The van der Waals surface area contributed by atoms with Gasteiger partial charge in [-0.05, 0) is 89.1 Å². The molecule has 1 saturated heterocycles. The topological polar surface area (TPSA) is 58.6 Å². The van der Waals surface area contributed by atoms with Gasteiger partial charge in [0.05, 0.1) is 5.69 Å². The number of Topliss-reactive ketones (excluding diaryl/α,β-unsaturated/α-hetero) is 1. The molecule has 0 radical (unpaired) electrons. The lowest BCUT2D eigenvalue weighted by Crippen LogP contribution is -2.35. The average molecular weight is 425 g/mol. The molecular weight excluding hydrogens is 388 g/mol. The van der Waals surface area contributed by atoms with Crippen molar-refractivity contribution in [1.29, 1.82) is 0 Å². The first-order chi connectivity index (χ1) is 14.7. The van der Waals surface area contributed by atoms with E-state index in [1.165, 1.54) is 0 Å². The number of para-hydroxylation sites is 2. The van der Waals surface area contributed by atoms with E-state index in [4.69, 9.17) is 4.74 Å². The average Bonchev–Trinajstić information content (AvgIpc) is 2.69. The monoisotopic (exact) mass is 424 g/mol. The van der Waals surface area contributed by atoms with Gasteiger partial charge in [-0.25, -0.2) is 0 Å². The molecule has 2 aromatic rings. The zero-order chi connectivity index (χ0) is 23.0. The fraction of sp³-hybridized carbons (Fsp3) is 0.462. The molecule has 1 N–H and O–H groups in total. The van der Waals surface area contributed by atoms with Crippen LogP contribution in [-0.4, -0.2) is 36.7 Å². The summed E-state index contributed by atoms with van der Waals surface area (Å²) in [7, 11) is 2.10. The van der Waals surface area contributed by atoms with Crippen LogP contribution in [0.1, 0.15) is 44.7 Å². The maximum atomic E-state index is 12.6. The molecule has 0 aromatic heterocycles. The van der Waals surface area contributed by atoms with Crippen molar-refractivity contribution in [1.82, 2.24) is 4.90 Å². The Balaban J connectivity index is 0.000000501. The van der Waals surface area contributed by atoms with E-state index in [0.717, 1.165) is 48.5 Å². The highest BCUT2D eigenvalue weighted by atomic mass is 16.5. The largest absolute Gasteiger partial charge is 0.455 e. The summed E-state index contributed by atoms with van der Waals surface area (Å²) in [6, 6.07) is 13.7. The number of piperidine rings is 1. The number of carbonyl (C=O) groups excluding carboxylic acids is 2. The number of anilines is 1. The van der Waals surface area contributed by atoms with Crippen molar-refractivity contribution in [2.24, 2.45) is 11.8 Å². The van der Waals surface area contributed by atoms with Crippen LogP contribution in [0.2, 0.25) is 0 Å². The molecule has 1 fully saturated rings. The molecule has 1 aliphatic rings. The Labute approximate surface area is 186 Å². The first kappa shape index (κ1) is 24.6. The lowest BCUT2D eigenvalue weighted by Gasteiger charge is -2.28. The predicted molar refractivity (Wildman–Crippen MR) is 127 cm³/mol. The van der Waals surface area contributed by atoms with Crippen molar-refractivity contribution in [3.63, 3.8) is 0 Å². The van der Waals surface area contributed by atoms with Crippen LogP contribution in [-0.2, 0) is 9.59 Å². The Bertz CT molecular complexity index is 864. The first-order valence-electron chi connectivity index (χ1n) is 11.0. The van der Waals surface area contributed by atoms with E-state index in [9.17, 15) is 9.59 Å². The summed E-state index contributed by atoms with van der Waals surface area (Å²) in [6.45, 7) is 11.4. The van der Waals surface area contributed by atoms with Gasteiger partial charge in [0.1, 0.15) is 11.5 Å². The maximum absolute atomic E-state index is 12.6. The third-order valence-electron chi connectivity index (χ3n) is 5.47. The number of rotatable bonds is 5. The molecule has 0 aliphatic carbocycles. The summed E-state index contributed by atoms with van der Waals surface area (Å²) in [4.78, 5) is 25.0. The lowest BCUT2D eigenvalue weighted by molar-refractivity contribution is -0.121. The molecule has 1 heterocycles. The van der Waals surface area contributed by atoms with Gasteiger partial charge in [0, 0.05) is 11.8 Å². The number of likely N-dealkylation sites (tertiary alicyclic amines) is 1. The van der Waals surface area contributed by atoms with E-state index in [2.05, 4.69) is 23.3 Å². The fourth-order valence-electron chi connectivity index (χ4n) is 3.28. The van der Waals surface area contributed by atoms with Gasteiger partial charge in [0.2, 0.25) is 5.91 Å². The van der Waals surface area contributed by atoms with Crippen LogP contribution in [0.25, 0.3) is 0 Å². The van der Waals surface area contributed by atoms with Crippen LogP contribution in [0.4, 0.5) is 5.69 Å². The number of nitrogens with zero attached hydrogens (tertiary/aromatic N) is 1. The summed E-state index contributed by atoms with van der Waals surface area (Å²) >= 11 is 0. The molecule has 1 amide bonds. The van der Waals surface area contributed by atoms with Gasteiger partial charge in [-0.15, -0.1) is 0 Å². The molecule has 2 aromatic carbocycles. The van der Waals surface area contributed by atoms with Gasteiger partial charge in [-0.2, -0.15) is 0 Å². The lowest BCUT2D eigenvalue weighted by atomic mass is 9.96. The van der Waals surface area contributed by atoms with Crippen LogP contribution in [0.15, 0.2) is 42.5 Å². The minimum atomic E-state index is 0.0745. The summed E-state index contributed by atoms with van der Waals surface area (Å²) < 4.78 is 6.05. The minimum Gasteiger partial charge on any atom is -0.455 e. The Morgan fingerprint density at radius 3 is 2.13 bits per heavy atom. The molecule has 0 bridgehead atoms. The van der Waals surface area contributed by atoms with Crippen molar-refractivity contribution in [3.8, 4) is 11.5 Å². The summed E-state index contributed by atoms with van der Waals surface area (Å²) in [5, 5.41) is 3.06. The van der Waals surface area contributed by atoms with Gasteiger partial charge in [-0.3, -0.25) is 9.59 Å². The number of ether oxygens (including phenoxy) is 1. The summed E-state index contributed by atoms with van der Waals surface area (Å²) in [5.74, 6) is 2.10. The Morgan fingerprint density at radius 1 is 1.03 bits per heavy atom. The van der Waals surface area contributed by atoms with Gasteiger partial charge >= 0.3 is 0 Å². The van der Waals surface area contributed by atoms with Crippen LogP contribution < -0.4 is 10.1 Å². The van der Waals surface area contributed by atoms with Crippen molar-refractivity contribution in [2.75, 3.05) is 25.5 Å². The van der Waals surface area contributed by atoms with Gasteiger partial charge in [0.15, 0.2) is 5.75 Å². The van der Waals surface area contributed by atoms with Crippen LogP contribution in [0.3, 0.4) is 0 Å². The molecule has 5 nitrogen and oxygen atoms in total. The molecule has 0 atom stereocenters. The van der Waals surface area contributed by atoms with Gasteiger partial charge < -0.3 is 15.0 Å². The molecule has 0 saturated carbocycles. The third-order valence-corrected chi connectivity index (χ3v) is 5.47. The second-order valence-corrected chi connectivity index (χ2v) is 8.75. The summed E-state index contributed by atoms with van der Waals surface area (Å²) in [6.07, 6.45) is 1.81. The van der Waals surface area contributed by atoms with E-state index >= 15 is 0 Å². The van der Waals surface area contributed by atoms with Crippen molar-refractivity contribution in [2.45, 2.75) is 47.5 Å². The van der Waals surface area contributed by atoms with Crippen LogP contribution in [0, 0.1) is 25.7 Å². The highest BCUT2D eigenvalue weighted by Gasteiger charge is 2.24. The highest BCUT2D eigenvalue weighted by Crippen LogP contribution is 2.31. The van der Waals surface area contributed by atoms with E-state index in [-0.39, 0.29) is 23.5 Å². The normalized spacial score (nSPS) is 14.5. The molecule has 5 heteroatoms. The third kappa shape index (κ3) is 8.18. The second-order valence-electron chi connectivity index (χ2n) is 8.75. The number of aryl methyl sites for hydroxylation is 2. The van der Waals surface area contributed by atoms with E-state index < -0.39 is 0 Å². The zero-order valence-electron chi connectivity index (χ0n) is 19.7. The standard InChI is InChI=1S/C21H26N2O2.C5H10O/c1-15-12-16(2)14-18(13-15)25-20-7-5-4-6-19(20)22-21(24)17-8-10-23(3)11-9-17;1-4(2)5(3)6/h4-7,12-14,17H,8-11H2,1-3H3,(H,22,24);4H,1-3H3. The molecule has 168 valence electrons. The quantitative estimate of drug-likeness (QED) is 0.678. The van der Waals surface area contributed by atoms with E-state index in [1.54, 1.807) is 6.92 Å². The molecule has 0 spiro atoms. The number of nitrogens with one attached hydrogen (secondary N) is 1. The number of hydrogen-bond acceptors (Lipinski definition) is 4. The van der Waals surface area contributed by atoms with Gasteiger partial charge in [0.25, 0.3) is 0 Å². The molecule has 0 unspecified atom stereocenters. The zero-order valence-corrected chi connectivity index (χ0v) is 19.7. The minimum absolute atomic E-state index is 0.0745. The van der Waals surface area contributed by atoms with Crippen LogP contribution >= 0.6 is 0 Å². The molecular formula is C26H36N2O3. The smallest absolute Gasteiger partial charge is 0.227 e. The Hall–Kier alpha value is -2.66. The van der Waals surface area contributed by atoms with Crippen molar-refractivity contribution >= 4 is 17.4 Å². The predicted octanol–water partition coefficient (Wildman–Crippen LogP) is 5.61. The SMILES string of the molecule is CC(=O)C(C)C.Cc1cc(C)cc(Oc2ccccc2NC(=O)C2CCN(C)CC2)c1. The highest BCUT2D eigenvalue weighted by molar-refractivity contribution is 5.94. The fourth-order valence-corrected chi connectivity index (χ4v) is 3.28. The number of hydrogen-bond donors (Lipinski definition) is 1. The van der Waals surface area contributed by atoms with E-state index in [1.807, 2.05) is 64.1 Å². The van der Waals surface area contributed by atoms with Crippen molar-refractivity contribution < 1.29 is 14.3 Å². The first-order valence-corrected chi connectivity index (χ1v) is 11.0. The van der Waals surface area contributed by atoms with Gasteiger partial charge in [-0.1, -0.05) is 32.0 Å². The maximum Gasteiger partial charge on any atom is 0.227 e. The number of carbonyl (C=O) groups is 2. The molecule has 3 rings (SSSR count). The van der Waals surface area contributed by atoms with Crippen LogP contribution in [0.5, 0.6) is 11.5 Å². The van der Waals surface area contributed by atoms with E-state index in [0.29, 0.717) is 5.75 Å². The number of benzene rings is 2. The Morgan fingerprint density at radius 2 is 1.58 bits per heavy atom. The van der Waals surface area contributed by atoms with Crippen molar-refractivity contribution in [3.05, 3.63) is 53.6 Å². The molecule has 1 aliphatic heterocycles. The number of amides is 1. The second kappa shape index (κ2) is 11.7. The Kier molecular flexibility index (Phi) is 9.25.